The van der Waals surface area contributed by atoms with Crippen molar-refractivity contribution in [1.82, 2.24) is 0 Å². The maximum atomic E-state index is 9.33. The number of benzene rings is 1. The highest BCUT2D eigenvalue weighted by molar-refractivity contribution is 7.99. The van der Waals surface area contributed by atoms with Crippen molar-refractivity contribution in [2.75, 3.05) is 5.75 Å². The summed E-state index contributed by atoms with van der Waals surface area (Å²) in [4.78, 5) is 1.30. The van der Waals surface area contributed by atoms with Gasteiger partial charge in [-0.1, -0.05) is 0 Å². The fourth-order valence-electron chi connectivity index (χ4n) is 5.52. The zero-order valence-electron chi connectivity index (χ0n) is 12.1. The monoisotopic (exact) mass is 288 g/mol. The average Bonchev–Trinajstić information content (AvgIpc) is 2.39. The first-order chi connectivity index (χ1) is 9.71. The topological polar surface area (TPSA) is 20.2 Å². The van der Waals surface area contributed by atoms with Crippen molar-refractivity contribution in [3.8, 4) is 5.75 Å². The molecular formula is C18H24OS. The van der Waals surface area contributed by atoms with Gasteiger partial charge in [0.25, 0.3) is 0 Å². The third kappa shape index (κ3) is 2.47. The van der Waals surface area contributed by atoms with Crippen LogP contribution in [0.2, 0.25) is 0 Å². The molecule has 108 valence electrons. The van der Waals surface area contributed by atoms with E-state index in [1.54, 1.807) is 31.4 Å². The number of hydrogen-bond acceptors (Lipinski definition) is 2. The van der Waals surface area contributed by atoms with Crippen molar-refractivity contribution in [2.45, 2.75) is 49.8 Å². The predicted octanol–water partition coefficient (Wildman–Crippen LogP) is 5.09. The Hall–Kier alpha value is -0.630. The second-order valence-electron chi connectivity index (χ2n) is 7.51. The zero-order chi connectivity index (χ0) is 13.6. The molecule has 0 atom stereocenters. The minimum Gasteiger partial charge on any atom is -0.508 e. The van der Waals surface area contributed by atoms with E-state index in [2.05, 4.69) is 0 Å². The fraction of sp³-hybridized carbons (Fsp3) is 0.667. The summed E-state index contributed by atoms with van der Waals surface area (Å²) in [7, 11) is 0. The van der Waals surface area contributed by atoms with E-state index in [-0.39, 0.29) is 0 Å². The van der Waals surface area contributed by atoms with Gasteiger partial charge in [0, 0.05) is 4.90 Å². The first kappa shape index (κ1) is 13.1. The van der Waals surface area contributed by atoms with Crippen LogP contribution in [0.1, 0.15) is 44.9 Å². The van der Waals surface area contributed by atoms with E-state index in [9.17, 15) is 5.11 Å². The summed E-state index contributed by atoms with van der Waals surface area (Å²) in [6, 6.07) is 7.68. The maximum Gasteiger partial charge on any atom is 0.115 e. The lowest BCUT2D eigenvalue weighted by Crippen LogP contribution is -2.46. The highest BCUT2D eigenvalue weighted by Gasteiger charge is 2.50. The first-order valence-corrected chi connectivity index (χ1v) is 9.11. The van der Waals surface area contributed by atoms with Gasteiger partial charge in [-0.25, -0.2) is 0 Å². The van der Waals surface area contributed by atoms with Crippen LogP contribution in [-0.4, -0.2) is 10.9 Å². The molecule has 0 spiro atoms. The SMILES string of the molecule is Oc1ccc(SCCC23CC4CC(CC(C4)C2)C3)cc1. The van der Waals surface area contributed by atoms with E-state index in [1.807, 2.05) is 23.9 Å². The van der Waals surface area contributed by atoms with Crippen LogP contribution in [0.5, 0.6) is 5.75 Å². The van der Waals surface area contributed by atoms with Crippen LogP contribution in [0, 0.1) is 23.2 Å². The van der Waals surface area contributed by atoms with Crippen molar-refractivity contribution in [1.29, 1.82) is 0 Å². The highest BCUT2D eigenvalue weighted by atomic mass is 32.2. The minimum absolute atomic E-state index is 0.371. The van der Waals surface area contributed by atoms with Crippen molar-refractivity contribution in [3.63, 3.8) is 0 Å². The second-order valence-corrected chi connectivity index (χ2v) is 8.68. The number of phenolic OH excluding ortho intramolecular Hbond substituents is 1. The van der Waals surface area contributed by atoms with Crippen molar-refractivity contribution < 1.29 is 5.11 Å². The van der Waals surface area contributed by atoms with Gasteiger partial charge in [0.15, 0.2) is 0 Å². The molecule has 4 aliphatic rings. The summed E-state index contributed by atoms with van der Waals surface area (Å²) in [6.07, 6.45) is 10.6. The average molecular weight is 288 g/mol. The van der Waals surface area contributed by atoms with Crippen LogP contribution >= 0.6 is 11.8 Å². The molecule has 0 amide bonds. The lowest BCUT2D eigenvalue weighted by atomic mass is 9.49. The number of aromatic hydroxyl groups is 1. The van der Waals surface area contributed by atoms with Crippen molar-refractivity contribution >= 4 is 11.8 Å². The molecule has 4 bridgehead atoms. The largest absolute Gasteiger partial charge is 0.508 e. The van der Waals surface area contributed by atoms with Crippen LogP contribution in [0.25, 0.3) is 0 Å². The molecule has 0 aliphatic heterocycles. The van der Waals surface area contributed by atoms with Gasteiger partial charge in [0.05, 0.1) is 0 Å². The van der Waals surface area contributed by atoms with E-state index in [1.165, 1.54) is 36.3 Å². The third-order valence-corrected chi connectivity index (χ3v) is 6.92. The molecule has 1 N–H and O–H groups in total. The van der Waals surface area contributed by atoms with E-state index >= 15 is 0 Å². The van der Waals surface area contributed by atoms with Crippen LogP contribution in [0.15, 0.2) is 29.2 Å². The van der Waals surface area contributed by atoms with Gasteiger partial charge in [-0.15, -0.1) is 11.8 Å². The summed E-state index contributed by atoms with van der Waals surface area (Å²) in [5, 5.41) is 9.33. The van der Waals surface area contributed by atoms with Crippen LogP contribution < -0.4 is 0 Å². The third-order valence-electron chi connectivity index (χ3n) is 5.90. The number of rotatable bonds is 4. The molecule has 0 unspecified atom stereocenters. The molecule has 0 radical (unpaired) electrons. The summed E-state index contributed by atoms with van der Waals surface area (Å²) in [5.74, 6) is 4.83. The summed E-state index contributed by atoms with van der Waals surface area (Å²) in [6.45, 7) is 0. The maximum absolute atomic E-state index is 9.33. The second kappa shape index (κ2) is 4.98. The number of hydrogen-bond donors (Lipinski definition) is 1. The smallest absolute Gasteiger partial charge is 0.115 e. The highest BCUT2D eigenvalue weighted by Crippen LogP contribution is 2.61. The van der Waals surface area contributed by atoms with Gasteiger partial charge in [-0.2, -0.15) is 0 Å². The molecule has 4 fully saturated rings. The molecule has 0 heterocycles. The van der Waals surface area contributed by atoms with Crippen LogP contribution in [-0.2, 0) is 0 Å². The van der Waals surface area contributed by atoms with Gasteiger partial charge in [0.2, 0.25) is 0 Å². The van der Waals surface area contributed by atoms with Gasteiger partial charge in [0.1, 0.15) is 5.75 Å². The molecule has 0 saturated heterocycles. The Labute approximate surface area is 126 Å². The Bertz CT molecular complexity index is 443. The van der Waals surface area contributed by atoms with Gasteiger partial charge in [-0.3, -0.25) is 0 Å². The summed E-state index contributed by atoms with van der Waals surface area (Å²) in [5.41, 5.74) is 0.707. The lowest BCUT2D eigenvalue weighted by Gasteiger charge is -2.57. The number of thioether (sulfide) groups is 1. The standard InChI is InChI=1S/C18H24OS/c19-16-1-3-17(4-2-16)20-6-5-18-10-13-7-14(11-18)9-15(8-13)12-18/h1-4,13-15,19H,5-12H2. The molecule has 1 aromatic carbocycles. The zero-order valence-corrected chi connectivity index (χ0v) is 12.9. The Balaban J connectivity index is 1.36. The Kier molecular flexibility index (Phi) is 3.25. The molecule has 2 heteroatoms. The molecule has 1 aromatic rings. The van der Waals surface area contributed by atoms with Gasteiger partial charge < -0.3 is 5.11 Å². The summed E-state index contributed by atoms with van der Waals surface area (Å²) >= 11 is 1.97. The first-order valence-electron chi connectivity index (χ1n) is 8.13. The molecule has 5 rings (SSSR count). The predicted molar refractivity (Wildman–Crippen MR) is 84.1 cm³/mol. The molecule has 0 aromatic heterocycles. The Morgan fingerprint density at radius 3 is 2.05 bits per heavy atom. The lowest BCUT2D eigenvalue weighted by molar-refractivity contribution is -0.0538. The Morgan fingerprint density at radius 2 is 1.50 bits per heavy atom. The molecule has 4 saturated carbocycles. The van der Waals surface area contributed by atoms with E-state index in [0.717, 1.165) is 17.8 Å². The fourth-order valence-corrected chi connectivity index (χ4v) is 6.62. The molecule has 20 heavy (non-hydrogen) atoms. The molecule has 4 aliphatic carbocycles. The van der Waals surface area contributed by atoms with Gasteiger partial charge >= 0.3 is 0 Å². The molecular weight excluding hydrogens is 264 g/mol. The minimum atomic E-state index is 0.371. The summed E-state index contributed by atoms with van der Waals surface area (Å²) < 4.78 is 0. The van der Waals surface area contributed by atoms with Crippen molar-refractivity contribution in [2.24, 2.45) is 23.2 Å². The van der Waals surface area contributed by atoms with E-state index in [0.29, 0.717) is 11.2 Å². The van der Waals surface area contributed by atoms with E-state index < -0.39 is 0 Å². The molecule has 1 nitrogen and oxygen atoms in total. The quantitative estimate of drug-likeness (QED) is 0.779. The van der Waals surface area contributed by atoms with Crippen molar-refractivity contribution in [3.05, 3.63) is 24.3 Å². The van der Waals surface area contributed by atoms with E-state index in [4.69, 9.17) is 0 Å². The van der Waals surface area contributed by atoms with Crippen LogP contribution in [0.3, 0.4) is 0 Å². The normalized spacial score (nSPS) is 38.3. The Morgan fingerprint density at radius 1 is 0.950 bits per heavy atom. The van der Waals surface area contributed by atoms with Crippen LogP contribution in [0.4, 0.5) is 0 Å². The van der Waals surface area contributed by atoms with Gasteiger partial charge in [-0.05, 0) is 98.1 Å². The number of phenols is 1.